The van der Waals surface area contributed by atoms with Crippen molar-refractivity contribution >= 4 is 17.7 Å². The Morgan fingerprint density at radius 3 is 2.09 bits per heavy atom. The summed E-state index contributed by atoms with van der Waals surface area (Å²) in [6.45, 7) is 12.0. The number of carbonyl (C=O) groups is 3. The molecule has 0 saturated heterocycles. The maximum Gasteiger partial charge on any atom is 0.302 e. The molecule has 6 heteroatoms. The molecule has 0 heterocycles. The first-order valence-corrected chi connectivity index (χ1v) is 11.3. The molecule has 0 saturated carbocycles. The molecule has 6 nitrogen and oxygen atoms in total. The second-order valence-electron chi connectivity index (χ2n) is 7.29. The first kappa shape index (κ1) is 31.5. The molecule has 0 aliphatic heterocycles. The number of esters is 1. The van der Waals surface area contributed by atoms with E-state index in [1.807, 2.05) is 43.2 Å². The van der Waals surface area contributed by atoms with E-state index < -0.39 is 0 Å². The van der Waals surface area contributed by atoms with Gasteiger partial charge in [-0.1, -0.05) is 57.5 Å². The van der Waals surface area contributed by atoms with Crippen LogP contribution in [-0.4, -0.2) is 37.4 Å². The Labute approximate surface area is 194 Å². The summed E-state index contributed by atoms with van der Waals surface area (Å²) < 4.78 is 9.92. The molecular formula is C26H41NO5. The topological polar surface area (TPSA) is 81.7 Å². The number of rotatable bonds is 12. The van der Waals surface area contributed by atoms with Crippen LogP contribution in [0.25, 0.3) is 0 Å². The van der Waals surface area contributed by atoms with Crippen LogP contribution in [0.5, 0.6) is 0 Å². The maximum atomic E-state index is 10.9. The standard InChI is InChI=1S/C11H17NO2.C9H10O2.C6H14O/c1-4-11(14)12-8-6-5-7-9(2)10(3)13;1-8(10)11-7-9-5-3-2-4-6-9;1-3-5-7-6-4-2/h1,9H,5-8H2,2-3H3,(H,12,14);2-6H,7H2,1H3;3-6H2,1-2H3/t9-;;/m0../s1. The summed E-state index contributed by atoms with van der Waals surface area (Å²) in [6.07, 6.45) is 9.82. The van der Waals surface area contributed by atoms with Crippen LogP contribution in [0.3, 0.4) is 0 Å². The van der Waals surface area contributed by atoms with Crippen molar-refractivity contribution in [1.82, 2.24) is 5.32 Å². The van der Waals surface area contributed by atoms with Gasteiger partial charge in [-0.05, 0) is 44.1 Å². The number of nitrogens with one attached hydrogen (secondary N) is 1. The first-order valence-electron chi connectivity index (χ1n) is 11.3. The number of hydrogen-bond donors (Lipinski definition) is 1. The summed E-state index contributed by atoms with van der Waals surface area (Å²) in [5.41, 5.74) is 1.02. The molecule has 0 bridgehead atoms. The average Bonchev–Trinajstić information content (AvgIpc) is 2.79. The molecule has 1 aromatic rings. The normalized spacial score (nSPS) is 10.2. The van der Waals surface area contributed by atoms with E-state index in [1.54, 1.807) is 6.92 Å². The lowest BCUT2D eigenvalue weighted by molar-refractivity contribution is -0.142. The molecule has 180 valence electrons. The van der Waals surface area contributed by atoms with E-state index in [0.717, 1.165) is 50.9 Å². The number of benzene rings is 1. The van der Waals surface area contributed by atoms with Crippen LogP contribution in [0.4, 0.5) is 0 Å². The number of terminal acetylenes is 1. The van der Waals surface area contributed by atoms with Gasteiger partial charge >= 0.3 is 5.97 Å². The number of Topliss-reactive ketones (excluding diaryl/α,β-unsaturated/α-hetero) is 1. The number of unbranched alkanes of at least 4 members (excludes halogenated alkanes) is 1. The zero-order valence-electron chi connectivity index (χ0n) is 20.4. The predicted molar refractivity (Wildman–Crippen MR) is 129 cm³/mol. The van der Waals surface area contributed by atoms with Gasteiger partial charge in [-0.3, -0.25) is 14.4 Å². The Balaban J connectivity index is 0. The third-order valence-electron chi connectivity index (χ3n) is 4.16. The molecule has 1 amide bonds. The van der Waals surface area contributed by atoms with Gasteiger partial charge < -0.3 is 14.8 Å². The van der Waals surface area contributed by atoms with Crippen molar-refractivity contribution in [2.24, 2.45) is 5.92 Å². The van der Waals surface area contributed by atoms with Gasteiger partial charge in [-0.15, -0.1) is 6.42 Å². The number of amides is 1. The second-order valence-corrected chi connectivity index (χ2v) is 7.29. The van der Waals surface area contributed by atoms with E-state index in [2.05, 4.69) is 19.2 Å². The maximum absolute atomic E-state index is 10.9. The second kappa shape index (κ2) is 23.0. The third kappa shape index (κ3) is 23.6. The molecule has 0 unspecified atom stereocenters. The summed E-state index contributed by atoms with van der Waals surface area (Å²) in [4.78, 5) is 31.9. The molecule has 32 heavy (non-hydrogen) atoms. The summed E-state index contributed by atoms with van der Waals surface area (Å²) >= 11 is 0. The zero-order valence-corrected chi connectivity index (χ0v) is 20.4. The first-order chi connectivity index (χ1) is 15.3. The molecular weight excluding hydrogens is 406 g/mol. The summed E-state index contributed by atoms with van der Waals surface area (Å²) in [6, 6.07) is 9.60. The van der Waals surface area contributed by atoms with Crippen molar-refractivity contribution < 1.29 is 23.9 Å². The van der Waals surface area contributed by atoms with Crippen molar-refractivity contribution in [2.45, 2.75) is 73.3 Å². The summed E-state index contributed by atoms with van der Waals surface area (Å²) in [5.74, 6) is 1.71. The van der Waals surface area contributed by atoms with Crippen molar-refractivity contribution in [3.8, 4) is 12.3 Å². The van der Waals surface area contributed by atoms with Crippen LogP contribution in [0.2, 0.25) is 0 Å². The number of ketones is 1. The van der Waals surface area contributed by atoms with E-state index in [9.17, 15) is 14.4 Å². The Kier molecular flexibility index (Phi) is 22.7. The Bertz CT molecular complexity index is 648. The van der Waals surface area contributed by atoms with Gasteiger partial charge in [0, 0.05) is 32.6 Å². The van der Waals surface area contributed by atoms with Crippen molar-refractivity contribution in [2.75, 3.05) is 19.8 Å². The number of ether oxygens (including phenoxy) is 2. The zero-order chi connectivity index (χ0) is 24.6. The quantitative estimate of drug-likeness (QED) is 0.285. The lowest BCUT2D eigenvalue weighted by atomic mass is 10.0. The minimum Gasteiger partial charge on any atom is -0.461 e. The number of hydrogen-bond acceptors (Lipinski definition) is 5. The fraction of sp³-hybridized carbons (Fsp3) is 0.577. The molecule has 1 N–H and O–H groups in total. The highest BCUT2D eigenvalue weighted by Gasteiger charge is 2.06. The molecule has 1 atom stereocenters. The highest BCUT2D eigenvalue weighted by atomic mass is 16.5. The van der Waals surface area contributed by atoms with E-state index in [1.165, 1.54) is 6.92 Å². The van der Waals surface area contributed by atoms with Crippen LogP contribution in [0, 0.1) is 18.3 Å². The molecule has 0 radical (unpaired) electrons. The van der Waals surface area contributed by atoms with Gasteiger partial charge in [0.1, 0.15) is 12.4 Å². The molecule has 1 aromatic carbocycles. The average molecular weight is 448 g/mol. The Hall–Kier alpha value is -2.65. The lowest BCUT2D eigenvalue weighted by Gasteiger charge is -2.06. The van der Waals surface area contributed by atoms with Crippen molar-refractivity contribution in [1.29, 1.82) is 0 Å². The Morgan fingerprint density at radius 2 is 1.62 bits per heavy atom. The van der Waals surface area contributed by atoms with E-state index in [0.29, 0.717) is 13.2 Å². The molecule has 0 fully saturated rings. The van der Waals surface area contributed by atoms with Crippen LogP contribution in [0.1, 0.15) is 72.3 Å². The molecule has 0 spiro atoms. The van der Waals surface area contributed by atoms with Gasteiger partial charge in [0.15, 0.2) is 0 Å². The van der Waals surface area contributed by atoms with Gasteiger partial charge in [-0.2, -0.15) is 0 Å². The number of carbonyl (C=O) groups excluding carboxylic acids is 3. The van der Waals surface area contributed by atoms with Crippen molar-refractivity contribution in [3.63, 3.8) is 0 Å². The predicted octanol–water partition coefficient (Wildman–Crippen LogP) is 4.70. The molecule has 1 rings (SSSR count). The molecule has 0 aliphatic rings. The van der Waals surface area contributed by atoms with Gasteiger partial charge in [0.05, 0.1) is 0 Å². The third-order valence-corrected chi connectivity index (χ3v) is 4.16. The smallest absolute Gasteiger partial charge is 0.302 e. The monoisotopic (exact) mass is 447 g/mol. The lowest BCUT2D eigenvalue weighted by Crippen LogP contribution is -2.22. The van der Waals surface area contributed by atoms with Gasteiger partial charge in [0.25, 0.3) is 5.91 Å². The van der Waals surface area contributed by atoms with E-state index >= 15 is 0 Å². The van der Waals surface area contributed by atoms with Gasteiger partial charge in [0.2, 0.25) is 0 Å². The SMILES string of the molecule is C#CC(=O)NCCCC[C@H](C)C(C)=O.CC(=O)OCc1ccccc1.CCCOCCC. The fourth-order valence-corrected chi connectivity index (χ4v) is 2.18. The molecule has 0 aromatic heterocycles. The fourth-order valence-electron chi connectivity index (χ4n) is 2.18. The Morgan fingerprint density at radius 1 is 1.03 bits per heavy atom. The summed E-state index contributed by atoms with van der Waals surface area (Å²) in [7, 11) is 0. The largest absolute Gasteiger partial charge is 0.461 e. The highest BCUT2D eigenvalue weighted by Crippen LogP contribution is 2.07. The van der Waals surface area contributed by atoms with Crippen LogP contribution < -0.4 is 5.32 Å². The van der Waals surface area contributed by atoms with E-state index in [4.69, 9.17) is 15.9 Å². The van der Waals surface area contributed by atoms with Crippen LogP contribution in [-0.2, 0) is 30.5 Å². The highest BCUT2D eigenvalue weighted by molar-refractivity contribution is 5.92. The van der Waals surface area contributed by atoms with E-state index in [-0.39, 0.29) is 23.6 Å². The summed E-state index contributed by atoms with van der Waals surface area (Å²) in [5, 5.41) is 2.58. The van der Waals surface area contributed by atoms with Gasteiger partial charge in [-0.25, -0.2) is 0 Å². The minimum absolute atomic E-state index is 0.123. The van der Waals surface area contributed by atoms with Crippen molar-refractivity contribution in [3.05, 3.63) is 35.9 Å². The molecule has 0 aliphatic carbocycles. The van der Waals surface area contributed by atoms with Crippen LogP contribution in [0.15, 0.2) is 30.3 Å². The van der Waals surface area contributed by atoms with Crippen LogP contribution >= 0.6 is 0 Å². The minimum atomic E-state index is -0.371.